The zero-order chi connectivity index (χ0) is 18.3. The first-order chi connectivity index (χ1) is 12.2. The van der Waals surface area contributed by atoms with Crippen LogP contribution >= 0.6 is 0 Å². The Hall–Kier alpha value is -0.460. The molecule has 1 rings (SSSR count). The molecule has 3 N–H and O–H groups in total. The lowest BCUT2D eigenvalue weighted by Crippen LogP contribution is -2.41. The fourth-order valence-corrected chi connectivity index (χ4v) is 3.24. The van der Waals surface area contributed by atoms with E-state index in [9.17, 15) is 10.2 Å². The van der Waals surface area contributed by atoms with Crippen LogP contribution in [0.5, 0.6) is 0 Å². The van der Waals surface area contributed by atoms with Crippen LogP contribution in [0.25, 0.3) is 0 Å². The van der Waals surface area contributed by atoms with E-state index in [1.165, 1.54) is 51.4 Å². The van der Waals surface area contributed by atoms with Crippen LogP contribution in [0.1, 0.15) is 70.6 Å². The lowest BCUT2D eigenvalue weighted by atomic mass is 10.1. The highest BCUT2D eigenvalue weighted by Crippen LogP contribution is 2.20. The summed E-state index contributed by atoms with van der Waals surface area (Å²) in [5.74, 6) is 0. The standard InChI is InChI=1S/C20H38O5/c1-2-3-4-5-6-7-8-9-10-11-12-13-14-24-18-16-25-20(19(18)23)17(22)15-21/h2,17-23H,1,3-16H2/t17-,18+,19-,20-/m1/s1. The van der Waals surface area contributed by atoms with Gasteiger partial charge in [-0.25, -0.2) is 0 Å². The van der Waals surface area contributed by atoms with E-state index in [4.69, 9.17) is 14.6 Å². The van der Waals surface area contributed by atoms with Crippen LogP contribution in [0.15, 0.2) is 12.7 Å². The molecule has 0 radical (unpaired) electrons. The summed E-state index contributed by atoms with van der Waals surface area (Å²) >= 11 is 0. The van der Waals surface area contributed by atoms with Gasteiger partial charge >= 0.3 is 0 Å². The third kappa shape index (κ3) is 9.71. The Morgan fingerprint density at radius 3 is 2.12 bits per heavy atom. The second-order valence-corrected chi connectivity index (χ2v) is 7.06. The maximum Gasteiger partial charge on any atom is 0.114 e. The van der Waals surface area contributed by atoms with Gasteiger partial charge in [-0.15, -0.1) is 6.58 Å². The molecule has 0 unspecified atom stereocenters. The molecular formula is C20H38O5. The quantitative estimate of drug-likeness (QED) is 0.292. The van der Waals surface area contributed by atoms with E-state index in [0.717, 1.165) is 19.3 Å². The molecule has 148 valence electrons. The minimum Gasteiger partial charge on any atom is -0.394 e. The number of aliphatic hydroxyl groups is 3. The average molecular weight is 359 g/mol. The monoisotopic (exact) mass is 358 g/mol. The van der Waals surface area contributed by atoms with Gasteiger partial charge in [-0.2, -0.15) is 0 Å². The predicted molar refractivity (Wildman–Crippen MR) is 99.6 cm³/mol. The topological polar surface area (TPSA) is 79.2 Å². The highest BCUT2D eigenvalue weighted by Gasteiger charge is 2.40. The Bertz CT molecular complexity index is 323. The summed E-state index contributed by atoms with van der Waals surface area (Å²) in [6.45, 7) is 4.21. The van der Waals surface area contributed by atoms with E-state index < -0.39 is 31.0 Å². The van der Waals surface area contributed by atoms with Crippen molar-refractivity contribution in [2.75, 3.05) is 19.8 Å². The summed E-state index contributed by atoms with van der Waals surface area (Å²) in [6, 6.07) is 0. The van der Waals surface area contributed by atoms with E-state index in [1.807, 2.05) is 6.08 Å². The van der Waals surface area contributed by atoms with E-state index in [2.05, 4.69) is 6.58 Å². The highest BCUT2D eigenvalue weighted by molar-refractivity contribution is 4.88. The van der Waals surface area contributed by atoms with Crippen molar-refractivity contribution in [3.8, 4) is 0 Å². The van der Waals surface area contributed by atoms with Gasteiger partial charge in [0.25, 0.3) is 0 Å². The van der Waals surface area contributed by atoms with Crippen molar-refractivity contribution in [3.63, 3.8) is 0 Å². The molecule has 0 aromatic rings. The molecule has 0 amide bonds. The van der Waals surface area contributed by atoms with E-state index in [1.54, 1.807) is 0 Å². The summed E-state index contributed by atoms with van der Waals surface area (Å²) in [7, 11) is 0. The molecule has 1 saturated heterocycles. The zero-order valence-electron chi connectivity index (χ0n) is 15.7. The number of aliphatic hydroxyl groups excluding tert-OH is 3. The van der Waals surface area contributed by atoms with Gasteiger partial charge in [0, 0.05) is 6.61 Å². The molecule has 0 spiro atoms. The molecule has 5 nitrogen and oxygen atoms in total. The predicted octanol–water partition coefficient (Wildman–Crippen LogP) is 2.96. The van der Waals surface area contributed by atoms with Gasteiger partial charge in [-0.05, 0) is 19.3 Å². The molecule has 1 aliphatic heterocycles. The maximum atomic E-state index is 10.0. The number of ether oxygens (including phenoxy) is 2. The molecule has 0 aliphatic carbocycles. The summed E-state index contributed by atoms with van der Waals surface area (Å²) in [5.41, 5.74) is 0. The van der Waals surface area contributed by atoms with Crippen LogP contribution < -0.4 is 0 Å². The fraction of sp³-hybridized carbons (Fsp3) is 0.900. The Morgan fingerprint density at radius 1 is 1.00 bits per heavy atom. The van der Waals surface area contributed by atoms with Crippen LogP contribution in [0, 0.1) is 0 Å². The third-order valence-corrected chi connectivity index (χ3v) is 4.87. The van der Waals surface area contributed by atoms with Gasteiger partial charge in [-0.3, -0.25) is 0 Å². The third-order valence-electron chi connectivity index (χ3n) is 4.87. The van der Waals surface area contributed by atoms with Crippen LogP contribution in [0.2, 0.25) is 0 Å². The van der Waals surface area contributed by atoms with E-state index in [0.29, 0.717) is 6.61 Å². The van der Waals surface area contributed by atoms with Gasteiger partial charge in [0.2, 0.25) is 0 Å². The first-order valence-corrected chi connectivity index (χ1v) is 10.0. The van der Waals surface area contributed by atoms with Crippen LogP contribution in [0.3, 0.4) is 0 Å². The minimum absolute atomic E-state index is 0.274. The zero-order valence-corrected chi connectivity index (χ0v) is 15.7. The van der Waals surface area contributed by atoms with Gasteiger partial charge in [0.15, 0.2) is 0 Å². The SMILES string of the molecule is C=CCCCCCCCCCCCCO[C@H]1CO[C@H]([C@H](O)CO)[C@@H]1O. The summed E-state index contributed by atoms with van der Waals surface area (Å²) < 4.78 is 11.0. The maximum absolute atomic E-state index is 10.0. The Kier molecular flexibility index (Phi) is 13.3. The molecule has 0 saturated carbocycles. The number of unbranched alkanes of at least 4 members (excludes halogenated alkanes) is 10. The Labute approximate surface area is 153 Å². The first-order valence-electron chi connectivity index (χ1n) is 10.0. The molecule has 25 heavy (non-hydrogen) atoms. The van der Waals surface area contributed by atoms with Crippen molar-refractivity contribution >= 4 is 0 Å². The van der Waals surface area contributed by atoms with Crippen molar-refractivity contribution in [2.45, 2.75) is 95.0 Å². The van der Waals surface area contributed by atoms with Gasteiger partial charge in [0.1, 0.15) is 24.4 Å². The second kappa shape index (κ2) is 14.7. The van der Waals surface area contributed by atoms with E-state index >= 15 is 0 Å². The summed E-state index contributed by atoms with van der Waals surface area (Å²) in [5, 5.41) is 28.5. The van der Waals surface area contributed by atoms with Gasteiger partial charge in [0.05, 0.1) is 13.2 Å². The first kappa shape index (κ1) is 22.6. The van der Waals surface area contributed by atoms with Crippen LogP contribution in [-0.4, -0.2) is 59.6 Å². The number of rotatable bonds is 16. The van der Waals surface area contributed by atoms with Crippen molar-refractivity contribution in [2.24, 2.45) is 0 Å². The second-order valence-electron chi connectivity index (χ2n) is 7.06. The van der Waals surface area contributed by atoms with Crippen LogP contribution in [-0.2, 0) is 9.47 Å². The lowest BCUT2D eigenvalue weighted by molar-refractivity contribution is -0.0730. The Morgan fingerprint density at radius 2 is 1.56 bits per heavy atom. The van der Waals surface area contributed by atoms with E-state index in [-0.39, 0.29) is 6.61 Å². The molecule has 4 atom stereocenters. The smallest absolute Gasteiger partial charge is 0.114 e. The molecule has 1 aliphatic rings. The van der Waals surface area contributed by atoms with Crippen molar-refractivity contribution in [1.29, 1.82) is 0 Å². The molecule has 1 fully saturated rings. The molecular weight excluding hydrogens is 320 g/mol. The molecule has 0 aromatic heterocycles. The molecule has 0 aromatic carbocycles. The summed E-state index contributed by atoms with van der Waals surface area (Å²) in [4.78, 5) is 0. The molecule has 5 heteroatoms. The average Bonchev–Trinajstić information content (AvgIpc) is 2.99. The fourth-order valence-electron chi connectivity index (χ4n) is 3.24. The normalized spacial score (nSPS) is 24.5. The number of hydrogen-bond acceptors (Lipinski definition) is 5. The largest absolute Gasteiger partial charge is 0.394 e. The molecule has 0 bridgehead atoms. The number of hydrogen-bond donors (Lipinski definition) is 3. The van der Waals surface area contributed by atoms with Gasteiger partial charge in [-0.1, -0.05) is 57.4 Å². The van der Waals surface area contributed by atoms with Crippen molar-refractivity contribution in [1.82, 2.24) is 0 Å². The lowest BCUT2D eigenvalue weighted by Gasteiger charge is -2.20. The van der Waals surface area contributed by atoms with Crippen molar-refractivity contribution in [3.05, 3.63) is 12.7 Å². The Balaban J connectivity index is 1.87. The highest BCUT2D eigenvalue weighted by atomic mass is 16.6. The minimum atomic E-state index is -1.05. The summed E-state index contributed by atoms with van der Waals surface area (Å²) in [6.07, 6.45) is 12.7. The molecule has 1 heterocycles. The van der Waals surface area contributed by atoms with Crippen molar-refractivity contribution < 1.29 is 24.8 Å². The van der Waals surface area contributed by atoms with Crippen LogP contribution in [0.4, 0.5) is 0 Å². The number of allylic oxidation sites excluding steroid dienone is 1. The van der Waals surface area contributed by atoms with Gasteiger partial charge < -0.3 is 24.8 Å².